The van der Waals surface area contributed by atoms with Crippen molar-refractivity contribution in [2.75, 3.05) is 5.75 Å². The molecule has 25 heavy (non-hydrogen) atoms. The number of fused-ring (bicyclic) bond motifs is 1. The van der Waals surface area contributed by atoms with Crippen LogP contribution in [0.2, 0.25) is 0 Å². The number of thioether (sulfide) groups is 1. The maximum Gasteiger partial charge on any atom is 0.274 e. The Hall–Kier alpha value is -2.12. The number of hydrogen-bond acceptors (Lipinski definition) is 4. The second kappa shape index (κ2) is 7.84. The normalized spacial score (nSPS) is 11.4. The number of nitrogens with zero attached hydrogens (tertiary/aromatic N) is 3. The average molecular weight is 418 g/mol. The van der Waals surface area contributed by atoms with Crippen LogP contribution in [-0.2, 0) is 17.6 Å². The summed E-state index contributed by atoms with van der Waals surface area (Å²) in [6.45, 7) is 0. The number of halogens is 1. The minimum atomic E-state index is -0.325. The van der Waals surface area contributed by atoms with Crippen LogP contribution in [0.15, 0.2) is 63.2 Å². The summed E-state index contributed by atoms with van der Waals surface area (Å²) in [4.78, 5) is 11.9. The molecule has 1 aromatic heterocycles. The van der Waals surface area contributed by atoms with Gasteiger partial charge in [-0.1, -0.05) is 46.3 Å². The molecule has 2 aromatic carbocycles. The van der Waals surface area contributed by atoms with Gasteiger partial charge in [-0.25, -0.2) is 0 Å². The zero-order valence-corrected chi connectivity index (χ0v) is 15.9. The number of azo groups is 1. The molecular formula is C18H16BrN3O2S. The van der Waals surface area contributed by atoms with Crippen molar-refractivity contribution in [3.05, 3.63) is 58.6 Å². The first-order chi connectivity index (χ1) is 12.1. The van der Waals surface area contributed by atoms with E-state index in [1.165, 1.54) is 11.8 Å². The lowest BCUT2D eigenvalue weighted by atomic mass is 10.2. The molecule has 0 fully saturated rings. The molecule has 0 unspecified atom stereocenters. The molecule has 1 amide bonds. The minimum absolute atomic E-state index is 0.000246. The van der Waals surface area contributed by atoms with E-state index in [-0.39, 0.29) is 17.5 Å². The molecule has 3 aromatic rings. The summed E-state index contributed by atoms with van der Waals surface area (Å²) in [6.07, 6.45) is 0. The zero-order chi connectivity index (χ0) is 17.8. The predicted molar refractivity (Wildman–Crippen MR) is 104 cm³/mol. The van der Waals surface area contributed by atoms with Crippen molar-refractivity contribution in [3.63, 3.8) is 0 Å². The molecule has 0 spiro atoms. The van der Waals surface area contributed by atoms with E-state index in [0.29, 0.717) is 5.69 Å². The van der Waals surface area contributed by atoms with Gasteiger partial charge in [-0.2, -0.15) is 0 Å². The highest BCUT2D eigenvalue weighted by Crippen LogP contribution is 2.37. The van der Waals surface area contributed by atoms with Crippen LogP contribution in [-0.4, -0.2) is 21.3 Å². The lowest BCUT2D eigenvalue weighted by Gasteiger charge is -1.99. The Morgan fingerprint density at radius 3 is 2.68 bits per heavy atom. The largest absolute Gasteiger partial charge is 0.493 e. The third-order valence-electron chi connectivity index (χ3n) is 3.72. The van der Waals surface area contributed by atoms with Crippen LogP contribution in [0.4, 0.5) is 5.69 Å². The van der Waals surface area contributed by atoms with Gasteiger partial charge < -0.3 is 9.67 Å². The molecule has 0 radical (unpaired) electrons. The molecule has 0 saturated carbocycles. The summed E-state index contributed by atoms with van der Waals surface area (Å²) < 4.78 is 2.65. The first-order valence-electron chi connectivity index (χ1n) is 7.59. The van der Waals surface area contributed by atoms with E-state index in [9.17, 15) is 9.90 Å². The van der Waals surface area contributed by atoms with Crippen molar-refractivity contribution in [1.82, 2.24) is 4.57 Å². The Bertz CT molecular complexity index is 935. The van der Waals surface area contributed by atoms with E-state index in [0.717, 1.165) is 26.7 Å². The summed E-state index contributed by atoms with van der Waals surface area (Å²) in [5, 5.41) is 18.7. The number of para-hydroxylation sites is 1. The minimum Gasteiger partial charge on any atom is -0.493 e. The van der Waals surface area contributed by atoms with Gasteiger partial charge in [0, 0.05) is 22.7 Å². The highest BCUT2D eigenvalue weighted by Gasteiger charge is 2.14. The van der Waals surface area contributed by atoms with Crippen molar-refractivity contribution >= 4 is 50.2 Å². The fraction of sp³-hybridized carbons (Fsp3) is 0.167. The Morgan fingerprint density at radius 1 is 1.20 bits per heavy atom. The number of carbonyl (C=O) groups is 1. The Morgan fingerprint density at radius 2 is 1.92 bits per heavy atom. The van der Waals surface area contributed by atoms with Gasteiger partial charge >= 0.3 is 0 Å². The molecule has 1 N–H and O–H groups in total. The third kappa shape index (κ3) is 4.11. The number of amides is 1. The molecule has 3 rings (SSSR count). The maximum atomic E-state index is 11.9. The van der Waals surface area contributed by atoms with Gasteiger partial charge in [-0.05, 0) is 23.8 Å². The van der Waals surface area contributed by atoms with Crippen molar-refractivity contribution in [1.29, 1.82) is 0 Å². The molecule has 0 atom stereocenters. The highest BCUT2D eigenvalue weighted by molar-refractivity contribution is 9.10. The molecule has 0 aliphatic carbocycles. The topological polar surface area (TPSA) is 66.9 Å². The van der Waals surface area contributed by atoms with Crippen molar-refractivity contribution in [2.24, 2.45) is 17.3 Å². The molecule has 0 bridgehead atoms. The molecule has 0 aliphatic rings. The smallest absolute Gasteiger partial charge is 0.274 e. The van der Waals surface area contributed by atoms with Gasteiger partial charge in [0.05, 0.1) is 11.3 Å². The molecule has 5 nitrogen and oxygen atoms in total. The monoisotopic (exact) mass is 417 g/mol. The Kier molecular flexibility index (Phi) is 5.55. The average Bonchev–Trinajstić information content (AvgIpc) is 2.86. The molecule has 128 valence electrons. The van der Waals surface area contributed by atoms with Crippen LogP contribution >= 0.6 is 27.7 Å². The van der Waals surface area contributed by atoms with Crippen LogP contribution in [0.1, 0.15) is 5.56 Å². The first-order valence-corrected chi connectivity index (χ1v) is 9.54. The second-order valence-electron chi connectivity index (χ2n) is 5.46. The van der Waals surface area contributed by atoms with E-state index in [1.807, 2.05) is 48.5 Å². The quantitative estimate of drug-likeness (QED) is 0.580. The number of aromatic nitrogens is 1. The predicted octanol–water partition coefficient (Wildman–Crippen LogP) is 5.19. The zero-order valence-electron chi connectivity index (χ0n) is 13.5. The summed E-state index contributed by atoms with van der Waals surface area (Å²) in [5.41, 5.74) is 2.31. The SMILES string of the molecule is Cn1c(O)c(N=NC(=O)CSCc2ccc(Br)cc2)c2ccccc21. The van der Waals surface area contributed by atoms with Gasteiger partial charge in [0.1, 0.15) is 0 Å². The fourth-order valence-electron chi connectivity index (χ4n) is 2.43. The lowest BCUT2D eigenvalue weighted by Crippen LogP contribution is -1.96. The number of rotatable bonds is 5. The highest BCUT2D eigenvalue weighted by atomic mass is 79.9. The van der Waals surface area contributed by atoms with E-state index >= 15 is 0 Å². The summed E-state index contributed by atoms with van der Waals surface area (Å²) >= 11 is 4.88. The fourth-order valence-corrected chi connectivity index (χ4v) is 3.46. The van der Waals surface area contributed by atoms with Gasteiger partial charge in [-0.3, -0.25) is 4.79 Å². The maximum absolute atomic E-state index is 11.9. The molecular weight excluding hydrogens is 402 g/mol. The van der Waals surface area contributed by atoms with Crippen LogP contribution in [0.5, 0.6) is 5.88 Å². The molecule has 1 heterocycles. The summed E-state index contributed by atoms with van der Waals surface area (Å²) in [7, 11) is 1.74. The van der Waals surface area contributed by atoms with Crippen LogP contribution in [0.25, 0.3) is 10.9 Å². The van der Waals surface area contributed by atoms with Gasteiger partial charge in [0.25, 0.3) is 5.91 Å². The molecule has 7 heteroatoms. The van der Waals surface area contributed by atoms with Crippen molar-refractivity contribution in [2.45, 2.75) is 5.75 Å². The van der Waals surface area contributed by atoms with Crippen molar-refractivity contribution in [3.8, 4) is 5.88 Å². The van der Waals surface area contributed by atoms with Crippen LogP contribution in [0.3, 0.4) is 0 Å². The second-order valence-corrected chi connectivity index (χ2v) is 7.36. The number of aryl methyl sites for hydroxylation is 1. The number of aromatic hydroxyl groups is 1. The Balaban J connectivity index is 1.63. The number of hydrogen-bond donors (Lipinski definition) is 1. The molecule has 0 aliphatic heterocycles. The Labute approximate surface area is 157 Å². The van der Waals surface area contributed by atoms with Crippen LogP contribution < -0.4 is 0 Å². The first kappa shape index (κ1) is 17.7. The standard InChI is InChI=1S/C18H16BrN3O2S/c1-22-15-5-3-2-4-14(15)17(18(22)24)21-20-16(23)11-25-10-12-6-8-13(19)9-7-12/h2-9,24H,10-11H2,1H3. The van der Waals surface area contributed by atoms with Gasteiger partial charge in [0.2, 0.25) is 5.88 Å². The van der Waals surface area contributed by atoms with E-state index in [1.54, 1.807) is 11.6 Å². The molecule has 0 saturated heterocycles. The summed E-state index contributed by atoms with van der Waals surface area (Å²) in [6, 6.07) is 15.4. The van der Waals surface area contributed by atoms with Gasteiger partial charge in [-0.15, -0.1) is 22.0 Å². The van der Waals surface area contributed by atoms with E-state index < -0.39 is 0 Å². The van der Waals surface area contributed by atoms with E-state index in [4.69, 9.17) is 0 Å². The van der Waals surface area contributed by atoms with Gasteiger partial charge in [0.15, 0.2) is 5.69 Å². The van der Waals surface area contributed by atoms with Crippen LogP contribution in [0, 0.1) is 0 Å². The third-order valence-corrected chi connectivity index (χ3v) is 5.24. The van der Waals surface area contributed by atoms with Crippen molar-refractivity contribution < 1.29 is 9.90 Å². The lowest BCUT2D eigenvalue weighted by molar-refractivity contribution is -0.115. The number of carbonyl (C=O) groups excluding carboxylic acids is 1. The summed E-state index contributed by atoms with van der Waals surface area (Å²) in [5.74, 6) is 0.647. The number of benzene rings is 2. The van der Waals surface area contributed by atoms with E-state index in [2.05, 4.69) is 26.2 Å².